The topological polar surface area (TPSA) is 118 Å². The van der Waals surface area contributed by atoms with Crippen LogP contribution in [0.3, 0.4) is 0 Å². The number of aromatic nitrogens is 6. The molecule has 9 nitrogen and oxygen atoms in total. The minimum absolute atomic E-state index is 0.120. The summed E-state index contributed by atoms with van der Waals surface area (Å²) in [4.78, 5) is 25.2. The number of carbonyl (C=O) groups excluding carboxylic acids is 1. The number of nitrogen functional groups attached to an aromatic ring is 1. The summed E-state index contributed by atoms with van der Waals surface area (Å²) < 4.78 is 3.59. The fourth-order valence-corrected chi connectivity index (χ4v) is 4.48. The van der Waals surface area contributed by atoms with Crippen molar-refractivity contribution >= 4 is 28.4 Å². The number of fused-ring (bicyclic) bond motifs is 2. The highest BCUT2D eigenvalue weighted by molar-refractivity contribution is 6.04. The summed E-state index contributed by atoms with van der Waals surface area (Å²) in [6.07, 6.45) is 6.75. The van der Waals surface area contributed by atoms with E-state index >= 15 is 0 Å². The number of carbonyl (C=O) groups is 1. The second kappa shape index (κ2) is 9.52. The van der Waals surface area contributed by atoms with Gasteiger partial charge in [0, 0.05) is 30.4 Å². The van der Waals surface area contributed by atoms with Gasteiger partial charge in [0.25, 0.3) is 11.7 Å². The van der Waals surface area contributed by atoms with Gasteiger partial charge in [-0.2, -0.15) is 4.57 Å². The first-order chi connectivity index (χ1) is 18.6. The molecule has 184 valence electrons. The number of rotatable bonds is 4. The summed E-state index contributed by atoms with van der Waals surface area (Å²) in [7, 11) is 0. The summed E-state index contributed by atoms with van der Waals surface area (Å²) in [5.41, 5.74) is 11.2. The zero-order valence-corrected chi connectivity index (χ0v) is 20.5. The lowest BCUT2D eigenvalue weighted by atomic mass is 10.1. The molecule has 9 heteroatoms. The third-order valence-corrected chi connectivity index (χ3v) is 6.21. The molecule has 0 radical (unpaired) electrons. The van der Waals surface area contributed by atoms with Crippen LogP contribution in [0, 0.1) is 11.8 Å². The van der Waals surface area contributed by atoms with E-state index in [0.717, 1.165) is 33.7 Å². The van der Waals surface area contributed by atoms with Crippen LogP contribution >= 0.6 is 0 Å². The van der Waals surface area contributed by atoms with E-state index in [-0.39, 0.29) is 17.3 Å². The molecule has 4 aromatic heterocycles. The highest BCUT2D eigenvalue weighted by Crippen LogP contribution is 2.22. The largest absolute Gasteiger partial charge is 0.381 e. The molecule has 0 bridgehead atoms. The van der Waals surface area contributed by atoms with Gasteiger partial charge in [0.1, 0.15) is 17.3 Å². The van der Waals surface area contributed by atoms with Crippen LogP contribution in [0.1, 0.15) is 40.3 Å². The molecule has 0 aliphatic rings. The summed E-state index contributed by atoms with van der Waals surface area (Å²) in [5, 5.41) is 7.28. The average molecular weight is 500 g/mol. The molecule has 0 spiro atoms. The van der Waals surface area contributed by atoms with Crippen LogP contribution in [0.5, 0.6) is 0 Å². The SMILES string of the molecule is CC(NC(=O)c1c(N)nn2cccnc12)c1[nH]c2cccc(C#Cc3ccncc3)c2[n+]1-c1ccccc1. The lowest BCUT2D eigenvalue weighted by molar-refractivity contribution is -0.578. The Morgan fingerprint density at radius 3 is 2.66 bits per heavy atom. The maximum Gasteiger partial charge on any atom is 0.283 e. The number of nitrogens with two attached hydrogens (primary N) is 1. The molecule has 1 amide bonds. The van der Waals surface area contributed by atoms with Gasteiger partial charge in [0.15, 0.2) is 22.5 Å². The second-order valence-corrected chi connectivity index (χ2v) is 8.71. The van der Waals surface area contributed by atoms with Gasteiger partial charge < -0.3 is 11.1 Å². The Kier molecular flexibility index (Phi) is 5.75. The van der Waals surface area contributed by atoms with Crippen LogP contribution in [-0.4, -0.2) is 30.5 Å². The van der Waals surface area contributed by atoms with Gasteiger partial charge in [-0.25, -0.2) is 14.5 Å². The molecule has 4 N–H and O–H groups in total. The third-order valence-electron chi connectivity index (χ3n) is 6.21. The molecule has 1 unspecified atom stereocenters. The van der Waals surface area contributed by atoms with Crippen LogP contribution in [0.15, 0.2) is 91.5 Å². The van der Waals surface area contributed by atoms with E-state index in [1.807, 2.05) is 67.6 Å². The van der Waals surface area contributed by atoms with Crippen molar-refractivity contribution in [2.45, 2.75) is 13.0 Å². The van der Waals surface area contributed by atoms with Gasteiger partial charge in [-0.05, 0) is 49.4 Å². The summed E-state index contributed by atoms with van der Waals surface area (Å²) in [6, 6.07) is 21.0. The van der Waals surface area contributed by atoms with Crippen molar-refractivity contribution in [3.05, 3.63) is 114 Å². The number of imidazole rings is 1. The quantitative estimate of drug-likeness (QED) is 0.254. The molecule has 38 heavy (non-hydrogen) atoms. The van der Waals surface area contributed by atoms with Crippen LogP contribution in [-0.2, 0) is 0 Å². The number of hydrogen-bond acceptors (Lipinski definition) is 5. The number of hydrogen-bond donors (Lipinski definition) is 3. The minimum atomic E-state index is -0.422. The Labute approximate surface area is 218 Å². The van der Waals surface area contributed by atoms with E-state index in [4.69, 9.17) is 5.73 Å². The lowest BCUT2D eigenvalue weighted by Gasteiger charge is -2.11. The van der Waals surface area contributed by atoms with E-state index in [9.17, 15) is 4.79 Å². The monoisotopic (exact) mass is 499 g/mol. The molecular formula is C29H23N8O+. The number of amides is 1. The number of para-hydroxylation sites is 2. The molecule has 0 aliphatic heterocycles. The number of nitrogens with one attached hydrogen (secondary N) is 2. The maximum atomic E-state index is 13.4. The first kappa shape index (κ1) is 22.9. The Bertz CT molecular complexity index is 1850. The third kappa shape index (κ3) is 4.10. The van der Waals surface area contributed by atoms with Gasteiger partial charge in [-0.1, -0.05) is 36.1 Å². The highest BCUT2D eigenvalue weighted by atomic mass is 16.1. The van der Waals surface area contributed by atoms with Crippen molar-refractivity contribution < 1.29 is 9.36 Å². The smallest absolute Gasteiger partial charge is 0.283 e. The molecule has 6 rings (SSSR count). The molecular weight excluding hydrogens is 476 g/mol. The Morgan fingerprint density at radius 1 is 1.03 bits per heavy atom. The van der Waals surface area contributed by atoms with Crippen LogP contribution < -0.4 is 15.6 Å². The molecule has 0 saturated carbocycles. The molecule has 0 aliphatic carbocycles. The van der Waals surface area contributed by atoms with E-state index < -0.39 is 6.04 Å². The predicted molar refractivity (Wildman–Crippen MR) is 143 cm³/mol. The van der Waals surface area contributed by atoms with E-state index in [1.165, 1.54) is 4.52 Å². The van der Waals surface area contributed by atoms with Gasteiger partial charge in [-0.15, -0.1) is 5.10 Å². The van der Waals surface area contributed by atoms with Crippen LogP contribution in [0.25, 0.3) is 22.4 Å². The summed E-state index contributed by atoms with van der Waals surface area (Å²) >= 11 is 0. The van der Waals surface area contributed by atoms with Crippen LogP contribution in [0.2, 0.25) is 0 Å². The van der Waals surface area contributed by atoms with Crippen molar-refractivity contribution in [3.8, 4) is 17.5 Å². The standard InChI is InChI=1S/C29H22N8O/c1-19(33-29(38)24-26(30)35-36-18-6-15-32-28(24)36)27-34-23-10-5-7-21(12-11-20-13-16-31-17-14-20)25(23)37(27)22-8-3-2-4-9-22/h2-10,13-19H,1H3,(H3,30,33,35,38)/p+1. The summed E-state index contributed by atoms with van der Waals surface area (Å²) in [6.45, 7) is 1.92. The van der Waals surface area contributed by atoms with Gasteiger partial charge in [0.2, 0.25) is 0 Å². The van der Waals surface area contributed by atoms with Crippen molar-refractivity contribution in [2.24, 2.45) is 0 Å². The summed E-state index contributed by atoms with van der Waals surface area (Å²) in [5.74, 6) is 7.08. The predicted octanol–water partition coefficient (Wildman–Crippen LogP) is 3.36. The van der Waals surface area contributed by atoms with E-state index in [1.54, 1.807) is 30.9 Å². The zero-order valence-electron chi connectivity index (χ0n) is 20.5. The number of anilines is 1. The molecule has 0 saturated heterocycles. The number of benzene rings is 2. The van der Waals surface area contributed by atoms with Gasteiger partial charge >= 0.3 is 0 Å². The Balaban J connectivity index is 1.45. The van der Waals surface area contributed by atoms with Crippen molar-refractivity contribution in [1.29, 1.82) is 0 Å². The zero-order chi connectivity index (χ0) is 26.1. The van der Waals surface area contributed by atoms with Crippen molar-refractivity contribution in [3.63, 3.8) is 0 Å². The number of H-pyrrole nitrogens is 1. The second-order valence-electron chi connectivity index (χ2n) is 8.71. The fourth-order valence-electron chi connectivity index (χ4n) is 4.48. The number of nitrogens with zero attached hydrogens (tertiary/aromatic N) is 5. The Hall–Kier alpha value is -5.49. The molecule has 6 aromatic rings. The normalized spacial score (nSPS) is 11.7. The molecule has 4 heterocycles. The number of pyridine rings is 1. The number of aromatic amines is 1. The average Bonchev–Trinajstić information content (AvgIpc) is 3.50. The van der Waals surface area contributed by atoms with E-state index in [0.29, 0.717) is 5.65 Å². The Morgan fingerprint density at radius 2 is 1.84 bits per heavy atom. The van der Waals surface area contributed by atoms with E-state index in [2.05, 4.69) is 41.8 Å². The lowest BCUT2D eigenvalue weighted by Crippen LogP contribution is -2.40. The fraction of sp³-hybridized carbons (Fsp3) is 0.0690. The molecule has 1 atom stereocenters. The minimum Gasteiger partial charge on any atom is -0.381 e. The first-order valence-electron chi connectivity index (χ1n) is 12.0. The highest BCUT2D eigenvalue weighted by Gasteiger charge is 2.29. The first-order valence-corrected chi connectivity index (χ1v) is 12.0. The van der Waals surface area contributed by atoms with Gasteiger partial charge in [-0.3, -0.25) is 9.78 Å². The van der Waals surface area contributed by atoms with Crippen LogP contribution in [0.4, 0.5) is 5.82 Å². The molecule has 2 aromatic carbocycles. The van der Waals surface area contributed by atoms with Crippen molar-refractivity contribution in [2.75, 3.05) is 5.73 Å². The maximum absolute atomic E-state index is 13.4. The molecule has 0 fully saturated rings. The van der Waals surface area contributed by atoms with Gasteiger partial charge in [0.05, 0.1) is 5.56 Å². The van der Waals surface area contributed by atoms with Crippen molar-refractivity contribution in [1.82, 2.24) is 29.9 Å².